The van der Waals surface area contributed by atoms with E-state index in [1.54, 1.807) is 29.1 Å². The van der Waals surface area contributed by atoms with E-state index in [4.69, 9.17) is 16.6 Å². The first kappa shape index (κ1) is 22.7. The van der Waals surface area contributed by atoms with Gasteiger partial charge in [0.2, 0.25) is 0 Å². The number of anilines is 1. The maximum Gasteiger partial charge on any atom is 0.267 e. The fraction of sp³-hybridized carbons (Fsp3) is 0.174. The summed E-state index contributed by atoms with van der Waals surface area (Å²) >= 11 is 6.40. The number of nitrogens with zero attached hydrogens (tertiary/aromatic N) is 5. The second-order valence-corrected chi connectivity index (χ2v) is 8.18. The van der Waals surface area contributed by atoms with Gasteiger partial charge in [0, 0.05) is 0 Å². The lowest BCUT2D eigenvalue weighted by Gasteiger charge is -2.26. The summed E-state index contributed by atoms with van der Waals surface area (Å²) < 4.78 is 1.62. The highest BCUT2D eigenvalue weighted by atomic mass is 35.5. The molecule has 3 aromatic heterocycles. The third kappa shape index (κ3) is 4.03. The Hall–Kier alpha value is -3.49. The Labute approximate surface area is 200 Å². The molecule has 0 bridgehead atoms. The van der Waals surface area contributed by atoms with Crippen molar-refractivity contribution < 1.29 is 0 Å². The zero-order valence-corrected chi connectivity index (χ0v) is 19.4. The first-order valence-corrected chi connectivity index (χ1v) is 10.6. The minimum absolute atomic E-state index is 0. The van der Waals surface area contributed by atoms with Gasteiger partial charge in [-0.05, 0) is 30.2 Å². The number of fused-ring (bicyclic) bond motifs is 2. The molecule has 2 N–H and O–H groups in total. The molecule has 0 saturated heterocycles. The van der Waals surface area contributed by atoms with Gasteiger partial charge in [0.25, 0.3) is 5.56 Å². The van der Waals surface area contributed by atoms with Gasteiger partial charge in [-0.1, -0.05) is 49.7 Å². The first-order chi connectivity index (χ1) is 15.5. The van der Waals surface area contributed by atoms with Crippen LogP contribution in [0.15, 0.2) is 66.0 Å². The van der Waals surface area contributed by atoms with Crippen LogP contribution in [-0.2, 0) is 0 Å². The smallest absolute Gasteiger partial charge is 0.267 e. The highest BCUT2D eigenvalue weighted by Crippen LogP contribution is 2.30. The average molecular weight is 482 g/mol. The molecule has 0 amide bonds. The van der Waals surface area contributed by atoms with Gasteiger partial charge in [-0.3, -0.25) is 9.36 Å². The molecule has 0 aliphatic heterocycles. The molecule has 0 saturated carbocycles. The highest BCUT2D eigenvalue weighted by molar-refractivity contribution is 6.35. The highest BCUT2D eigenvalue weighted by Gasteiger charge is 2.26. The topological polar surface area (TPSA) is 101 Å². The van der Waals surface area contributed by atoms with Gasteiger partial charge in [0.15, 0.2) is 11.5 Å². The fourth-order valence-electron chi connectivity index (χ4n) is 3.79. The summed E-state index contributed by atoms with van der Waals surface area (Å²) in [4.78, 5) is 34.4. The van der Waals surface area contributed by atoms with Crippen LogP contribution >= 0.6 is 24.0 Å². The SMILES string of the molecule is CC(C)[C@@H](Nc1ncnc2nc[nH]c12)c1nc2cccc(Cl)c2c(=O)n1-c1ccccc1.Cl. The van der Waals surface area contributed by atoms with E-state index < -0.39 is 0 Å². The lowest BCUT2D eigenvalue weighted by Crippen LogP contribution is -2.30. The molecule has 0 aliphatic rings. The predicted molar refractivity (Wildman–Crippen MR) is 132 cm³/mol. The number of rotatable bonds is 5. The number of halogens is 2. The van der Waals surface area contributed by atoms with Crippen molar-refractivity contribution in [3.8, 4) is 5.69 Å². The monoisotopic (exact) mass is 481 g/mol. The Kier molecular flexibility index (Phi) is 6.31. The molecule has 8 nitrogen and oxygen atoms in total. The quantitative estimate of drug-likeness (QED) is 0.368. The zero-order chi connectivity index (χ0) is 22.2. The third-order valence-electron chi connectivity index (χ3n) is 5.35. The number of hydrogen-bond donors (Lipinski definition) is 2. The van der Waals surface area contributed by atoms with Crippen LogP contribution in [0.1, 0.15) is 25.7 Å². The summed E-state index contributed by atoms with van der Waals surface area (Å²) in [6.07, 6.45) is 3.03. The summed E-state index contributed by atoms with van der Waals surface area (Å²) in [6, 6.07) is 14.4. The van der Waals surface area contributed by atoms with Crippen LogP contribution in [0, 0.1) is 5.92 Å². The normalized spacial score (nSPS) is 12.1. The zero-order valence-electron chi connectivity index (χ0n) is 17.9. The molecule has 0 radical (unpaired) electrons. The van der Waals surface area contributed by atoms with Crippen molar-refractivity contribution in [1.82, 2.24) is 29.5 Å². The summed E-state index contributed by atoms with van der Waals surface area (Å²) in [7, 11) is 0. The van der Waals surface area contributed by atoms with Crippen molar-refractivity contribution in [2.75, 3.05) is 5.32 Å². The molecule has 0 fully saturated rings. The van der Waals surface area contributed by atoms with Crippen molar-refractivity contribution in [3.63, 3.8) is 0 Å². The lowest BCUT2D eigenvalue weighted by molar-refractivity contribution is 0.509. The van der Waals surface area contributed by atoms with Gasteiger partial charge >= 0.3 is 0 Å². The molecule has 168 valence electrons. The van der Waals surface area contributed by atoms with Crippen molar-refractivity contribution in [2.24, 2.45) is 5.92 Å². The Balaban J connectivity index is 0.00000259. The van der Waals surface area contributed by atoms with Gasteiger partial charge in [0.1, 0.15) is 17.7 Å². The summed E-state index contributed by atoms with van der Waals surface area (Å²) in [5.41, 5.74) is 2.29. The Morgan fingerprint density at radius 3 is 2.58 bits per heavy atom. The van der Waals surface area contributed by atoms with E-state index >= 15 is 0 Å². The van der Waals surface area contributed by atoms with Crippen molar-refractivity contribution in [1.29, 1.82) is 0 Å². The van der Waals surface area contributed by atoms with Crippen molar-refractivity contribution in [2.45, 2.75) is 19.9 Å². The maximum atomic E-state index is 13.7. The van der Waals surface area contributed by atoms with Gasteiger partial charge in [-0.25, -0.2) is 19.9 Å². The molecule has 0 unspecified atom stereocenters. The molecule has 3 heterocycles. The molecular weight excluding hydrogens is 461 g/mol. The van der Waals surface area contributed by atoms with E-state index in [0.29, 0.717) is 44.4 Å². The van der Waals surface area contributed by atoms with Crippen molar-refractivity contribution in [3.05, 3.63) is 82.4 Å². The summed E-state index contributed by atoms with van der Waals surface area (Å²) in [5, 5.41) is 4.23. The van der Waals surface area contributed by atoms with Gasteiger partial charge < -0.3 is 10.3 Å². The van der Waals surface area contributed by atoms with Gasteiger partial charge in [0.05, 0.1) is 34.0 Å². The number of para-hydroxylation sites is 1. The largest absolute Gasteiger partial charge is 0.358 e. The van der Waals surface area contributed by atoms with Crippen LogP contribution in [0.2, 0.25) is 5.02 Å². The standard InChI is InChI=1S/C23H20ClN7O.ClH/c1-13(2)18(30-21-19-20(26-11-25-19)27-12-28-21)22-29-16-10-6-9-15(24)17(16)23(32)31(22)14-7-4-3-5-8-14;/h3-13,18H,1-2H3,(H2,25,26,27,28,30);1H/t18-;/m1./s1. The summed E-state index contributed by atoms with van der Waals surface area (Å²) in [6.45, 7) is 4.12. The fourth-order valence-corrected chi connectivity index (χ4v) is 4.04. The minimum Gasteiger partial charge on any atom is -0.358 e. The van der Waals surface area contributed by atoms with Crippen LogP contribution in [0.5, 0.6) is 0 Å². The lowest BCUT2D eigenvalue weighted by atomic mass is 10.0. The molecule has 33 heavy (non-hydrogen) atoms. The van der Waals surface area contributed by atoms with E-state index in [1.165, 1.54) is 6.33 Å². The number of benzene rings is 2. The number of aromatic nitrogens is 6. The Morgan fingerprint density at radius 2 is 1.82 bits per heavy atom. The number of hydrogen-bond acceptors (Lipinski definition) is 6. The second-order valence-electron chi connectivity index (χ2n) is 7.77. The van der Waals surface area contributed by atoms with Crippen LogP contribution in [0.25, 0.3) is 27.8 Å². The van der Waals surface area contributed by atoms with Gasteiger partial charge in [-0.15, -0.1) is 12.4 Å². The average Bonchev–Trinajstić information content (AvgIpc) is 3.27. The van der Waals surface area contributed by atoms with Crippen molar-refractivity contribution >= 4 is 51.9 Å². The Bertz CT molecular complexity index is 1480. The molecule has 5 rings (SSSR count). The van der Waals surface area contributed by atoms with E-state index in [1.807, 2.05) is 30.3 Å². The minimum atomic E-state index is -0.340. The van der Waals surface area contributed by atoms with Crippen LogP contribution in [0.4, 0.5) is 5.82 Å². The molecule has 0 aliphatic carbocycles. The molecule has 2 aromatic carbocycles. The maximum absolute atomic E-state index is 13.7. The predicted octanol–water partition coefficient (Wildman–Crippen LogP) is 4.94. The van der Waals surface area contributed by atoms with Gasteiger partial charge in [-0.2, -0.15) is 0 Å². The number of nitrogens with one attached hydrogen (secondary N) is 2. The summed E-state index contributed by atoms with van der Waals surface area (Å²) in [5.74, 6) is 1.23. The third-order valence-corrected chi connectivity index (χ3v) is 5.66. The van der Waals surface area contributed by atoms with E-state index in [0.717, 1.165) is 0 Å². The number of aromatic amines is 1. The Morgan fingerprint density at radius 1 is 1.03 bits per heavy atom. The van der Waals surface area contributed by atoms with Crippen LogP contribution in [-0.4, -0.2) is 29.5 Å². The first-order valence-electron chi connectivity index (χ1n) is 10.2. The van der Waals surface area contributed by atoms with E-state index in [-0.39, 0.29) is 29.9 Å². The molecule has 5 aromatic rings. The molecule has 1 atom stereocenters. The molecule has 10 heteroatoms. The molecular formula is C23H21Cl2N7O. The number of imidazole rings is 1. The van der Waals surface area contributed by atoms with E-state index in [2.05, 4.69) is 39.1 Å². The van der Waals surface area contributed by atoms with Crippen LogP contribution in [0.3, 0.4) is 0 Å². The second kappa shape index (κ2) is 9.17. The number of H-pyrrole nitrogens is 1. The van der Waals surface area contributed by atoms with E-state index in [9.17, 15) is 4.79 Å². The molecule has 0 spiro atoms. The van der Waals surface area contributed by atoms with Crippen LogP contribution < -0.4 is 10.9 Å².